The summed E-state index contributed by atoms with van der Waals surface area (Å²) in [7, 11) is 0. The summed E-state index contributed by atoms with van der Waals surface area (Å²) in [6.07, 6.45) is 3.26. The van der Waals surface area contributed by atoms with Gasteiger partial charge in [0.1, 0.15) is 0 Å². The van der Waals surface area contributed by atoms with Crippen molar-refractivity contribution >= 4 is 11.9 Å². The first-order chi connectivity index (χ1) is 8.11. The van der Waals surface area contributed by atoms with E-state index in [0.29, 0.717) is 44.5 Å². The molecule has 0 unspecified atom stereocenters. The van der Waals surface area contributed by atoms with Gasteiger partial charge in [-0.3, -0.25) is 4.79 Å². The summed E-state index contributed by atoms with van der Waals surface area (Å²) in [5.74, 6) is -1.06. The van der Waals surface area contributed by atoms with Crippen LogP contribution in [0.5, 0.6) is 0 Å². The molecule has 0 aliphatic carbocycles. The number of rotatable bonds is 9. The van der Waals surface area contributed by atoms with Crippen LogP contribution in [0.4, 0.5) is 0 Å². The number of carboxylic acids is 1. The van der Waals surface area contributed by atoms with Crippen LogP contribution in [-0.4, -0.2) is 36.7 Å². The Kier molecular flexibility index (Phi) is 9.05. The van der Waals surface area contributed by atoms with E-state index in [1.54, 1.807) is 19.9 Å². The highest BCUT2D eigenvalue weighted by molar-refractivity contribution is 5.86. The van der Waals surface area contributed by atoms with E-state index in [9.17, 15) is 9.59 Å². The largest absolute Gasteiger partial charge is 0.478 e. The van der Waals surface area contributed by atoms with Gasteiger partial charge in [-0.2, -0.15) is 0 Å². The van der Waals surface area contributed by atoms with Gasteiger partial charge in [0, 0.05) is 18.5 Å². The Bertz CT molecular complexity index is 274. The molecule has 5 nitrogen and oxygen atoms in total. The van der Waals surface area contributed by atoms with Gasteiger partial charge in [0.2, 0.25) is 0 Å². The summed E-state index contributed by atoms with van der Waals surface area (Å²) in [5, 5.41) is 11.8. The summed E-state index contributed by atoms with van der Waals surface area (Å²) in [4.78, 5) is 21.6. The van der Waals surface area contributed by atoms with Gasteiger partial charge in [-0.25, -0.2) is 4.79 Å². The minimum absolute atomic E-state index is 0.190. The number of hydrogen-bond acceptors (Lipinski definition) is 4. The van der Waals surface area contributed by atoms with Crippen molar-refractivity contribution in [1.29, 1.82) is 0 Å². The molecule has 0 aliphatic rings. The summed E-state index contributed by atoms with van der Waals surface area (Å²) < 4.78 is 4.78. The van der Waals surface area contributed by atoms with Crippen LogP contribution >= 0.6 is 0 Å². The molecule has 98 valence electrons. The second kappa shape index (κ2) is 9.84. The zero-order valence-electron chi connectivity index (χ0n) is 10.5. The molecule has 0 aromatic rings. The van der Waals surface area contributed by atoms with Gasteiger partial charge in [-0.05, 0) is 26.3 Å². The minimum atomic E-state index is -0.874. The zero-order valence-corrected chi connectivity index (χ0v) is 10.5. The van der Waals surface area contributed by atoms with Gasteiger partial charge < -0.3 is 15.2 Å². The summed E-state index contributed by atoms with van der Waals surface area (Å²) >= 11 is 0. The van der Waals surface area contributed by atoms with Crippen LogP contribution in [0, 0.1) is 0 Å². The van der Waals surface area contributed by atoms with E-state index in [4.69, 9.17) is 9.84 Å². The number of esters is 1. The van der Waals surface area contributed by atoms with E-state index < -0.39 is 5.97 Å². The number of aliphatic carboxylic acids is 1. The lowest BCUT2D eigenvalue weighted by Gasteiger charge is -2.03. The maximum atomic E-state index is 11.0. The predicted octanol–water partition coefficient (Wildman–Crippen LogP) is 1.34. The molecule has 0 rings (SSSR count). The molecule has 0 heterocycles. The van der Waals surface area contributed by atoms with Crippen molar-refractivity contribution in [3.05, 3.63) is 11.6 Å². The van der Waals surface area contributed by atoms with Crippen LogP contribution in [0.1, 0.15) is 33.1 Å². The number of carbonyl (C=O) groups excluding carboxylic acids is 1. The SMILES string of the molecule is CCOC(=O)CCCNC/C=C(/CC)C(=O)O. The third-order valence-corrected chi connectivity index (χ3v) is 2.19. The first-order valence-corrected chi connectivity index (χ1v) is 5.90. The van der Waals surface area contributed by atoms with Crippen molar-refractivity contribution < 1.29 is 19.4 Å². The van der Waals surface area contributed by atoms with E-state index in [1.165, 1.54) is 0 Å². The first-order valence-electron chi connectivity index (χ1n) is 5.90. The van der Waals surface area contributed by atoms with Gasteiger partial charge >= 0.3 is 11.9 Å². The normalized spacial score (nSPS) is 11.3. The highest BCUT2D eigenvalue weighted by Gasteiger charge is 2.03. The molecule has 0 amide bonds. The molecule has 0 saturated carbocycles. The zero-order chi connectivity index (χ0) is 13.1. The molecule has 2 N–H and O–H groups in total. The number of nitrogens with one attached hydrogen (secondary N) is 1. The monoisotopic (exact) mass is 243 g/mol. The Labute approximate surface area is 102 Å². The van der Waals surface area contributed by atoms with E-state index in [2.05, 4.69) is 5.32 Å². The molecule has 0 fully saturated rings. The molecule has 0 aromatic heterocycles. The topological polar surface area (TPSA) is 75.6 Å². The lowest BCUT2D eigenvalue weighted by atomic mass is 10.2. The van der Waals surface area contributed by atoms with Crippen molar-refractivity contribution in [1.82, 2.24) is 5.32 Å². The van der Waals surface area contributed by atoms with Crippen molar-refractivity contribution in [3.8, 4) is 0 Å². The van der Waals surface area contributed by atoms with Crippen LogP contribution in [-0.2, 0) is 14.3 Å². The fourth-order valence-corrected chi connectivity index (χ4v) is 1.27. The molecule has 0 aromatic carbocycles. The number of carbonyl (C=O) groups is 2. The van der Waals surface area contributed by atoms with E-state index in [1.807, 2.05) is 0 Å². The van der Waals surface area contributed by atoms with Crippen molar-refractivity contribution in [3.63, 3.8) is 0 Å². The lowest BCUT2D eigenvalue weighted by molar-refractivity contribution is -0.143. The minimum Gasteiger partial charge on any atom is -0.478 e. The molecule has 17 heavy (non-hydrogen) atoms. The standard InChI is InChI=1S/C12H21NO4/c1-3-10(12(15)16)7-9-13-8-5-6-11(14)17-4-2/h7,13H,3-6,8-9H2,1-2H3,(H,15,16)/b10-7-. The fraction of sp³-hybridized carbons (Fsp3) is 0.667. The van der Waals surface area contributed by atoms with Gasteiger partial charge in [0.05, 0.1) is 6.61 Å². The molecule has 0 saturated heterocycles. The fourth-order valence-electron chi connectivity index (χ4n) is 1.27. The quantitative estimate of drug-likeness (QED) is 0.363. The summed E-state index contributed by atoms with van der Waals surface area (Å²) in [5.41, 5.74) is 0.405. The number of carboxylic acid groups (broad SMARTS) is 1. The van der Waals surface area contributed by atoms with Gasteiger partial charge in [-0.15, -0.1) is 0 Å². The van der Waals surface area contributed by atoms with Crippen molar-refractivity contribution in [2.24, 2.45) is 0 Å². The highest BCUT2D eigenvalue weighted by Crippen LogP contribution is 1.99. The van der Waals surface area contributed by atoms with Crippen LogP contribution in [0.3, 0.4) is 0 Å². The van der Waals surface area contributed by atoms with Crippen LogP contribution in [0.25, 0.3) is 0 Å². The Balaban J connectivity index is 3.58. The van der Waals surface area contributed by atoms with Gasteiger partial charge in [-0.1, -0.05) is 13.0 Å². The Morgan fingerprint density at radius 1 is 1.35 bits per heavy atom. The molecular formula is C12H21NO4. The predicted molar refractivity (Wildman–Crippen MR) is 64.7 cm³/mol. The summed E-state index contributed by atoms with van der Waals surface area (Å²) in [6.45, 7) is 5.18. The Morgan fingerprint density at radius 2 is 2.06 bits per heavy atom. The average Bonchev–Trinajstić information content (AvgIpc) is 2.28. The molecule has 0 aliphatic heterocycles. The third-order valence-electron chi connectivity index (χ3n) is 2.19. The smallest absolute Gasteiger partial charge is 0.331 e. The third kappa shape index (κ3) is 8.45. The van der Waals surface area contributed by atoms with Crippen LogP contribution in [0.15, 0.2) is 11.6 Å². The van der Waals surface area contributed by atoms with Crippen LogP contribution in [0.2, 0.25) is 0 Å². The highest BCUT2D eigenvalue weighted by atomic mass is 16.5. The summed E-state index contributed by atoms with van der Waals surface area (Å²) in [6, 6.07) is 0. The van der Waals surface area contributed by atoms with E-state index in [-0.39, 0.29) is 5.97 Å². The molecule has 5 heteroatoms. The molecule has 0 radical (unpaired) electrons. The second-order valence-corrected chi connectivity index (χ2v) is 3.50. The average molecular weight is 243 g/mol. The Hall–Kier alpha value is -1.36. The second-order valence-electron chi connectivity index (χ2n) is 3.50. The van der Waals surface area contributed by atoms with Crippen molar-refractivity contribution in [2.75, 3.05) is 19.7 Å². The molecule has 0 bridgehead atoms. The molecule has 0 atom stereocenters. The van der Waals surface area contributed by atoms with Crippen molar-refractivity contribution in [2.45, 2.75) is 33.1 Å². The maximum absolute atomic E-state index is 11.0. The van der Waals surface area contributed by atoms with Gasteiger partial charge in [0.15, 0.2) is 0 Å². The van der Waals surface area contributed by atoms with Crippen LogP contribution < -0.4 is 5.32 Å². The maximum Gasteiger partial charge on any atom is 0.331 e. The molecule has 0 spiro atoms. The molecular weight excluding hydrogens is 222 g/mol. The number of hydrogen-bond donors (Lipinski definition) is 2. The first kappa shape index (κ1) is 15.6. The number of ether oxygens (including phenoxy) is 1. The Morgan fingerprint density at radius 3 is 2.59 bits per heavy atom. The van der Waals surface area contributed by atoms with E-state index >= 15 is 0 Å². The lowest BCUT2D eigenvalue weighted by Crippen LogP contribution is -2.17. The van der Waals surface area contributed by atoms with Gasteiger partial charge in [0.25, 0.3) is 0 Å². The van der Waals surface area contributed by atoms with E-state index in [0.717, 1.165) is 0 Å².